The first-order chi connectivity index (χ1) is 7.15. The summed E-state index contributed by atoms with van der Waals surface area (Å²) in [6.07, 6.45) is 0. The summed E-state index contributed by atoms with van der Waals surface area (Å²) in [6.45, 7) is 1.72. The Kier molecular flexibility index (Phi) is 2.97. The van der Waals surface area contributed by atoms with Crippen molar-refractivity contribution in [2.24, 2.45) is 0 Å². The van der Waals surface area contributed by atoms with E-state index in [9.17, 15) is 4.39 Å². The molecular formula is C9H7BrFN3S. The number of benzene rings is 1. The van der Waals surface area contributed by atoms with Crippen molar-refractivity contribution in [2.45, 2.75) is 6.92 Å². The topological polar surface area (TPSA) is 37.8 Å². The molecule has 0 aliphatic heterocycles. The maximum absolute atomic E-state index is 13.2. The maximum Gasteiger partial charge on any atom is 0.210 e. The van der Waals surface area contributed by atoms with Crippen LogP contribution in [0.3, 0.4) is 0 Å². The second-order valence-corrected chi connectivity index (χ2v) is 5.20. The Labute approximate surface area is 98.5 Å². The minimum atomic E-state index is -0.233. The zero-order chi connectivity index (χ0) is 10.8. The summed E-state index contributed by atoms with van der Waals surface area (Å²) < 4.78 is 13.9. The average Bonchev–Trinajstić information content (AvgIpc) is 2.58. The molecule has 0 radical (unpaired) electrons. The fraction of sp³-hybridized carbons (Fsp3) is 0.111. The first-order valence-corrected chi connectivity index (χ1v) is 5.78. The van der Waals surface area contributed by atoms with Gasteiger partial charge in [0.05, 0.1) is 0 Å². The van der Waals surface area contributed by atoms with Crippen molar-refractivity contribution in [2.75, 3.05) is 5.32 Å². The van der Waals surface area contributed by atoms with Gasteiger partial charge in [0.25, 0.3) is 0 Å². The highest BCUT2D eigenvalue weighted by Gasteiger charge is 2.03. The molecule has 0 aliphatic carbocycles. The number of aryl methyl sites for hydroxylation is 1. The second-order valence-electron chi connectivity index (χ2n) is 2.95. The summed E-state index contributed by atoms with van der Waals surface area (Å²) in [5.74, 6) is -0.233. The van der Waals surface area contributed by atoms with Crippen LogP contribution in [0.2, 0.25) is 0 Å². The van der Waals surface area contributed by atoms with Crippen LogP contribution in [0.1, 0.15) is 5.56 Å². The molecule has 0 fully saturated rings. The predicted octanol–water partition coefficient (Wildman–Crippen LogP) is 3.49. The fourth-order valence-corrected chi connectivity index (χ4v) is 2.08. The lowest BCUT2D eigenvalue weighted by molar-refractivity contribution is 0.619. The van der Waals surface area contributed by atoms with E-state index in [2.05, 4.69) is 31.4 Å². The zero-order valence-corrected chi connectivity index (χ0v) is 10.2. The highest BCUT2D eigenvalue weighted by Crippen LogP contribution is 2.24. The third-order valence-corrected chi connectivity index (χ3v) is 3.09. The number of aromatic nitrogens is 2. The van der Waals surface area contributed by atoms with Crippen molar-refractivity contribution in [3.63, 3.8) is 0 Å². The van der Waals surface area contributed by atoms with Crippen molar-refractivity contribution in [3.05, 3.63) is 33.5 Å². The van der Waals surface area contributed by atoms with E-state index in [1.54, 1.807) is 19.1 Å². The summed E-state index contributed by atoms with van der Waals surface area (Å²) in [6, 6.07) is 4.95. The van der Waals surface area contributed by atoms with Crippen LogP contribution in [-0.4, -0.2) is 10.2 Å². The van der Waals surface area contributed by atoms with Gasteiger partial charge in [0.15, 0.2) is 3.92 Å². The van der Waals surface area contributed by atoms with Gasteiger partial charge in [-0.3, -0.25) is 0 Å². The van der Waals surface area contributed by atoms with Gasteiger partial charge in [0, 0.05) is 5.69 Å². The molecule has 0 unspecified atom stereocenters. The predicted molar refractivity (Wildman–Crippen MR) is 62.0 cm³/mol. The number of nitrogens with zero attached hydrogens (tertiary/aromatic N) is 2. The van der Waals surface area contributed by atoms with Crippen LogP contribution in [0.25, 0.3) is 0 Å². The molecule has 1 heterocycles. The first kappa shape index (κ1) is 10.5. The van der Waals surface area contributed by atoms with Crippen molar-refractivity contribution >= 4 is 38.1 Å². The van der Waals surface area contributed by atoms with Crippen molar-refractivity contribution < 1.29 is 4.39 Å². The molecule has 1 aromatic heterocycles. The van der Waals surface area contributed by atoms with E-state index < -0.39 is 0 Å². The van der Waals surface area contributed by atoms with E-state index in [0.717, 1.165) is 0 Å². The highest BCUT2D eigenvalue weighted by atomic mass is 79.9. The molecule has 0 saturated carbocycles. The van der Waals surface area contributed by atoms with Gasteiger partial charge in [0.1, 0.15) is 5.82 Å². The second kappa shape index (κ2) is 4.24. The van der Waals surface area contributed by atoms with Gasteiger partial charge >= 0.3 is 0 Å². The normalized spacial score (nSPS) is 10.3. The summed E-state index contributed by atoms with van der Waals surface area (Å²) in [4.78, 5) is 0. The highest BCUT2D eigenvalue weighted by molar-refractivity contribution is 9.11. The van der Waals surface area contributed by atoms with Crippen LogP contribution in [0.4, 0.5) is 15.2 Å². The zero-order valence-electron chi connectivity index (χ0n) is 7.79. The molecule has 0 spiro atoms. The molecule has 15 heavy (non-hydrogen) atoms. The molecule has 6 heteroatoms. The minimum absolute atomic E-state index is 0.233. The summed E-state index contributed by atoms with van der Waals surface area (Å²) >= 11 is 4.56. The van der Waals surface area contributed by atoms with Gasteiger partial charge in [-0.1, -0.05) is 17.4 Å². The number of halogens is 2. The number of rotatable bonds is 2. The van der Waals surface area contributed by atoms with Crippen LogP contribution >= 0.6 is 27.3 Å². The molecule has 2 aromatic rings. The molecule has 0 amide bonds. The number of hydrogen-bond acceptors (Lipinski definition) is 4. The van der Waals surface area contributed by atoms with E-state index >= 15 is 0 Å². The molecular weight excluding hydrogens is 281 g/mol. The fourth-order valence-electron chi connectivity index (χ4n) is 1.05. The Balaban J connectivity index is 2.21. The summed E-state index contributed by atoms with van der Waals surface area (Å²) in [5, 5.41) is 11.2. The molecule has 3 nitrogen and oxygen atoms in total. The lowest BCUT2D eigenvalue weighted by Crippen LogP contribution is -1.91. The Morgan fingerprint density at radius 3 is 2.80 bits per heavy atom. The van der Waals surface area contributed by atoms with Crippen molar-refractivity contribution in [1.82, 2.24) is 10.2 Å². The first-order valence-electron chi connectivity index (χ1n) is 4.17. The monoisotopic (exact) mass is 287 g/mol. The Morgan fingerprint density at radius 2 is 2.20 bits per heavy atom. The van der Waals surface area contributed by atoms with Gasteiger partial charge in [-0.2, -0.15) is 0 Å². The lowest BCUT2D eigenvalue weighted by Gasteiger charge is -2.02. The smallest absolute Gasteiger partial charge is 0.210 e. The number of anilines is 2. The van der Waals surface area contributed by atoms with Crippen LogP contribution < -0.4 is 5.32 Å². The Hall–Kier alpha value is -1.01. The molecule has 2 rings (SSSR count). The van der Waals surface area contributed by atoms with E-state index in [-0.39, 0.29) is 5.82 Å². The molecule has 0 bridgehead atoms. The van der Waals surface area contributed by atoms with Gasteiger partial charge < -0.3 is 5.32 Å². The van der Waals surface area contributed by atoms with Gasteiger partial charge in [-0.15, -0.1) is 10.2 Å². The summed E-state index contributed by atoms with van der Waals surface area (Å²) in [7, 11) is 0. The minimum Gasteiger partial charge on any atom is -0.330 e. The third-order valence-electron chi connectivity index (χ3n) is 1.82. The summed E-state index contributed by atoms with van der Waals surface area (Å²) in [5.41, 5.74) is 1.29. The van der Waals surface area contributed by atoms with Gasteiger partial charge in [-0.25, -0.2) is 4.39 Å². The van der Waals surface area contributed by atoms with Crippen LogP contribution in [0, 0.1) is 12.7 Å². The maximum atomic E-state index is 13.2. The standard InChI is InChI=1S/C9H7BrFN3S/c1-5-2-3-6(4-7(5)11)12-9-14-13-8(10)15-9/h2-4H,1H3,(H,12,14). The number of hydrogen-bond donors (Lipinski definition) is 1. The van der Waals surface area contributed by atoms with Crippen LogP contribution in [0.5, 0.6) is 0 Å². The molecule has 1 aromatic carbocycles. The van der Waals surface area contributed by atoms with E-state index in [1.165, 1.54) is 17.4 Å². The van der Waals surface area contributed by atoms with Gasteiger partial charge in [-0.05, 0) is 40.5 Å². The SMILES string of the molecule is Cc1ccc(Nc2nnc(Br)s2)cc1F. The quantitative estimate of drug-likeness (QED) is 0.919. The van der Waals surface area contributed by atoms with Crippen LogP contribution in [-0.2, 0) is 0 Å². The third kappa shape index (κ3) is 2.51. The molecule has 1 N–H and O–H groups in total. The Bertz CT molecular complexity index is 486. The van der Waals surface area contributed by atoms with E-state index in [1.807, 2.05) is 0 Å². The molecule has 78 valence electrons. The molecule has 0 aliphatic rings. The lowest BCUT2D eigenvalue weighted by atomic mass is 10.2. The number of nitrogens with one attached hydrogen (secondary N) is 1. The average molecular weight is 288 g/mol. The molecule has 0 atom stereocenters. The Morgan fingerprint density at radius 1 is 1.40 bits per heavy atom. The largest absolute Gasteiger partial charge is 0.330 e. The van der Waals surface area contributed by atoms with Crippen molar-refractivity contribution in [3.8, 4) is 0 Å². The molecule has 0 saturated heterocycles. The van der Waals surface area contributed by atoms with Crippen molar-refractivity contribution in [1.29, 1.82) is 0 Å². The van der Waals surface area contributed by atoms with E-state index in [0.29, 0.717) is 20.3 Å². The van der Waals surface area contributed by atoms with Gasteiger partial charge in [0.2, 0.25) is 5.13 Å². The van der Waals surface area contributed by atoms with Crippen LogP contribution in [0.15, 0.2) is 22.1 Å². The van der Waals surface area contributed by atoms with E-state index in [4.69, 9.17) is 0 Å².